The van der Waals surface area contributed by atoms with Crippen molar-refractivity contribution in [3.05, 3.63) is 66.7 Å². The Morgan fingerprint density at radius 3 is 2.50 bits per heavy atom. The summed E-state index contributed by atoms with van der Waals surface area (Å²) in [6.45, 7) is 2.13. The topological polar surface area (TPSA) is 29.7 Å². The van der Waals surface area contributed by atoms with E-state index in [1.807, 2.05) is 12.1 Å². The fourth-order valence-electron chi connectivity index (χ4n) is 2.44. The molecule has 0 aliphatic carbocycles. The van der Waals surface area contributed by atoms with E-state index in [9.17, 15) is 0 Å². The molecule has 0 atom stereocenters. The monoisotopic (exact) mass is 262 g/mol. The molecule has 0 unspecified atom stereocenters. The zero-order valence-corrected chi connectivity index (χ0v) is 11.6. The van der Waals surface area contributed by atoms with E-state index in [0.29, 0.717) is 0 Å². The number of pyridine rings is 1. The van der Waals surface area contributed by atoms with Crippen LogP contribution in [0.4, 0.5) is 0 Å². The molecule has 0 saturated heterocycles. The molecule has 2 aromatic heterocycles. The highest BCUT2D eigenvalue weighted by molar-refractivity contribution is 5.78. The molecule has 98 valence electrons. The average molecular weight is 262 g/mol. The Kier molecular flexibility index (Phi) is 3.25. The van der Waals surface area contributed by atoms with Crippen LogP contribution >= 0.6 is 0 Å². The van der Waals surface area contributed by atoms with E-state index in [4.69, 9.17) is 0 Å². The highest BCUT2D eigenvalue weighted by Gasteiger charge is 2.19. The Morgan fingerprint density at radius 1 is 0.950 bits per heavy atom. The van der Waals surface area contributed by atoms with Gasteiger partial charge in [0.15, 0.2) is 6.20 Å². The minimum atomic E-state index is 0.939. The van der Waals surface area contributed by atoms with Gasteiger partial charge in [-0.05, 0) is 30.7 Å². The zero-order chi connectivity index (χ0) is 13.9. The van der Waals surface area contributed by atoms with Crippen molar-refractivity contribution in [1.82, 2.24) is 9.97 Å². The van der Waals surface area contributed by atoms with Crippen molar-refractivity contribution in [2.75, 3.05) is 0 Å². The predicted molar refractivity (Wildman–Crippen MR) is 78.8 cm³/mol. The molecule has 3 aromatic rings. The van der Waals surface area contributed by atoms with Crippen LogP contribution in [0.25, 0.3) is 22.5 Å². The van der Waals surface area contributed by atoms with E-state index in [1.54, 1.807) is 12.5 Å². The third-order valence-electron chi connectivity index (χ3n) is 3.44. The summed E-state index contributed by atoms with van der Waals surface area (Å²) in [5, 5.41) is 0. The Balaban J connectivity index is 2.29. The highest BCUT2D eigenvalue weighted by atomic mass is 14.9. The van der Waals surface area contributed by atoms with Crippen molar-refractivity contribution >= 4 is 0 Å². The van der Waals surface area contributed by atoms with Gasteiger partial charge in [0, 0.05) is 17.8 Å². The first-order valence-corrected chi connectivity index (χ1v) is 6.58. The lowest BCUT2D eigenvalue weighted by atomic mass is 9.99. The lowest BCUT2D eigenvalue weighted by Crippen LogP contribution is -2.31. The maximum Gasteiger partial charge on any atom is 0.222 e. The molecule has 0 N–H and O–H groups in total. The molecule has 0 bridgehead atoms. The van der Waals surface area contributed by atoms with Gasteiger partial charge in [0.05, 0.1) is 11.3 Å². The quantitative estimate of drug-likeness (QED) is 0.665. The number of hydrogen-bond donors (Lipinski definition) is 0. The number of nitrogens with zero attached hydrogens (tertiary/aromatic N) is 3. The van der Waals surface area contributed by atoms with E-state index in [2.05, 4.69) is 65.0 Å². The van der Waals surface area contributed by atoms with E-state index in [0.717, 1.165) is 11.3 Å². The van der Waals surface area contributed by atoms with Gasteiger partial charge >= 0.3 is 0 Å². The number of rotatable bonds is 2. The molecule has 1 aromatic carbocycles. The van der Waals surface area contributed by atoms with Gasteiger partial charge in [-0.15, -0.1) is 0 Å². The fourth-order valence-corrected chi connectivity index (χ4v) is 2.44. The van der Waals surface area contributed by atoms with Crippen molar-refractivity contribution in [3.63, 3.8) is 0 Å². The van der Waals surface area contributed by atoms with Gasteiger partial charge in [0.2, 0.25) is 5.69 Å². The summed E-state index contributed by atoms with van der Waals surface area (Å²) in [6.07, 6.45) is 5.42. The van der Waals surface area contributed by atoms with Gasteiger partial charge in [0.25, 0.3) is 0 Å². The molecule has 3 rings (SSSR count). The molecule has 0 aliphatic rings. The van der Waals surface area contributed by atoms with E-state index in [1.165, 1.54) is 16.8 Å². The molecular formula is C17H16N3+. The molecule has 0 spiro atoms. The van der Waals surface area contributed by atoms with Gasteiger partial charge in [-0.2, -0.15) is 0 Å². The number of benzene rings is 1. The number of hydrogen-bond acceptors (Lipinski definition) is 2. The van der Waals surface area contributed by atoms with Crippen LogP contribution in [-0.2, 0) is 7.05 Å². The molecule has 0 fully saturated rings. The average Bonchev–Trinajstić information content (AvgIpc) is 2.49. The predicted octanol–water partition coefficient (Wildman–Crippen LogP) is 2.94. The van der Waals surface area contributed by atoms with Crippen molar-refractivity contribution in [2.24, 2.45) is 7.05 Å². The lowest BCUT2D eigenvalue weighted by molar-refractivity contribution is -0.660. The summed E-state index contributed by atoms with van der Waals surface area (Å²) >= 11 is 0. The molecule has 3 nitrogen and oxygen atoms in total. The first kappa shape index (κ1) is 12.5. The van der Waals surface area contributed by atoms with Crippen LogP contribution < -0.4 is 4.57 Å². The summed E-state index contributed by atoms with van der Waals surface area (Å²) in [6, 6.07) is 14.5. The molecule has 0 aliphatic heterocycles. The van der Waals surface area contributed by atoms with Gasteiger partial charge in [-0.25, -0.2) is 14.5 Å². The molecule has 0 amide bonds. The Morgan fingerprint density at radius 2 is 1.75 bits per heavy atom. The van der Waals surface area contributed by atoms with Crippen LogP contribution in [0, 0.1) is 6.92 Å². The highest BCUT2D eigenvalue weighted by Crippen LogP contribution is 2.29. The second-order valence-electron chi connectivity index (χ2n) is 4.79. The maximum absolute atomic E-state index is 4.38. The summed E-state index contributed by atoms with van der Waals surface area (Å²) in [5.74, 6) is 0. The fraction of sp³-hybridized carbons (Fsp3) is 0.118. The van der Waals surface area contributed by atoms with Gasteiger partial charge < -0.3 is 0 Å². The molecule has 20 heavy (non-hydrogen) atoms. The lowest BCUT2D eigenvalue weighted by Gasteiger charge is -2.08. The van der Waals surface area contributed by atoms with Crippen LogP contribution in [0.1, 0.15) is 5.56 Å². The largest absolute Gasteiger partial charge is 0.245 e. The molecule has 2 heterocycles. The second kappa shape index (κ2) is 5.21. The number of aryl methyl sites for hydroxylation is 2. The summed E-state index contributed by atoms with van der Waals surface area (Å²) < 4.78 is 2.14. The van der Waals surface area contributed by atoms with Gasteiger partial charge in [0.1, 0.15) is 13.4 Å². The van der Waals surface area contributed by atoms with Crippen molar-refractivity contribution in [2.45, 2.75) is 6.92 Å². The van der Waals surface area contributed by atoms with Crippen LogP contribution in [0.3, 0.4) is 0 Å². The van der Waals surface area contributed by atoms with Crippen LogP contribution in [0.15, 0.2) is 61.2 Å². The minimum absolute atomic E-state index is 0.939. The maximum atomic E-state index is 4.38. The van der Waals surface area contributed by atoms with Crippen LogP contribution in [-0.4, -0.2) is 9.97 Å². The SMILES string of the molecule is Cc1ccccc1-c1c(-c2ccncn2)ccc[n+]1C. The summed E-state index contributed by atoms with van der Waals surface area (Å²) in [7, 11) is 2.06. The van der Waals surface area contributed by atoms with Crippen molar-refractivity contribution in [3.8, 4) is 22.5 Å². The minimum Gasteiger partial charge on any atom is -0.245 e. The van der Waals surface area contributed by atoms with Crippen LogP contribution in [0.5, 0.6) is 0 Å². The number of aromatic nitrogens is 3. The van der Waals surface area contributed by atoms with Crippen molar-refractivity contribution in [1.29, 1.82) is 0 Å². The van der Waals surface area contributed by atoms with Crippen molar-refractivity contribution < 1.29 is 4.57 Å². The van der Waals surface area contributed by atoms with E-state index in [-0.39, 0.29) is 0 Å². The van der Waals surface area contributed by atoms with Gasteiger partial charge in [-0.1, -0.05) is 18.2 Å². The third kappa shape index (κ3) is 2.18. The first-order chi connectivity index (χ1) is 9.77. The molecule has 0 radical (unpaired) electrons. The Hall–Kier alpha value is -2.55. The Labute approximate surface area is 118 Å². The van der Waals surface area contributed by atoms with Crippen LogP contribution in [0.2, 0.25) is 0 Å². The third-order valence-corrected chi connectivity index (χ3v) is 3.44. The smallest absolute Gasteiger partial charge is 0.222 e. The standard InChI is InChI=1S/C17H16N3/c1-13-6-3-4-7-14(13)17-15(8-5-11-20(17)2)16-9-10-18-12-19-16/h3-12H,1-2H3/q+1. The molecular weight excluding hydrogens is 246 g/mol. The van der Waals surface area contributed by atoms with Gasteiger partial charge in [-0.3, -0.25) is 0 Å². The zero-order valence-electron chi connectivity index (χ0n) is 11.6. The van der Waals surface area contributed by atoms with E-state index < -0.39 is 0 Å². The molecule has 3 heteroatoms. The second-order valence-corrected chi connectivity index (χ2v) is 4.79. The summed E-state index contributed by atoms with van der Waals surface area (Å²) in [5.41, 5.74) is 5.71. The Bertz CT molecular complexity index is 736. The molecule has 0 saturated carbocycles. The van der Waals surface area contributed by atoms with E-state index >= 15 is 0 Å². The normalized spacial score (nSPS) is 10.5. The summed E-state index contributed by atoms with van der Waals surface area (Å²) in [4.78, 5) is 8.38. The first-order valence-electron chi connectivity index (χ1n) is 6.58.